The first-order chi connectivity index (χ1) is 19.6. The predicted octanol–water partition coefficient (Wildman–Crippen LogP) is 3.61. The van der Waals surface area contributed by atoms with Crippen molar-refractivity contribution in [2.24, 2.45) is 5.92 Å². The van der Waals surface area contributed by atoms with E-state index in [0.29, 0.717) is 11.3 Å². The maximum Gasteiger partial charge on any atom is 0.365 e. The highest BCUT2D eigenvalue weighted by molar-refractivity contribution is 8.02. The fraction of sp³-hybridized carbons (Fsp3) is 0.333. The lowest BCUT2D eigenvalue weighted by Gasteiger charge is -2.26. The molecule has 0 saturated carbocycles. The topological polar surface area (TPSA) is 120 Å². The summed E-state index contributed by atoms with van der Waals surface area (Å²) in [4.78, 5) is 25.9. The fourth-order valence-corrected chi connectivity index (χ4v) is 7.49. The van der Waals surface area contributed by atoms with Gasteiger partial charge in [0.1, 0.15) is 11.2 Å². The van der Waals surface area contributed by atoms with Crippen LogP contribution in [0.4, 0.5) is 4.39 Å². The van der Waals surface area contributed by atoms with Gasteiger partial charge in [-0.05, 0) is 41.0 Å². The number of carbonyl (C=O) groups is 2. The van der Waals surface area contributed by atoms with E-state index in [1.165, 1.54) is 28.2 Å². The number of rotatable bonds is 11. The number of amides is 1. The Kier molecular flexibility index (Phi) is 10.2. The van der Waals surface area contributed by atoms with Crippen LogP contribution in [0.2, 0.25) is 0 Å². The first-order valence-electron chi connectivity index (χ1n) is 13.4. The van der Waals surface area contributed by atoms with E-state index in [4.69, 9.17) is 4.74 Å². The summed E-state index contributed by atoms with van der Waals surface area (Å²) < 4.78 is 47.4. The maximum absolute atomic E-state index is 13.6. The average Bonchev–Trinajstić information content (AvgIpc) is 3.48. The lowest BCUT2D eigenvalue weighted by molar-refractivity contribution is -0.418. The van der Waals surface area contributed by atoms with Gasteiger partial charge in [0, 0.05) is 24.6 Å². The van der Waals surface area contributed by atoms with Crippen molar-refractivity contribution < 1.29 is 32.9 Å². The van der Waals surface area contributed by atoms with Gasteiger partial charge in [0.25, 0.3) is 0 Å². The molecule has 0 aromatic heterocycles. The van der Waals surface area contributed by atoms with E-state index in [-0.39, 0.29) is 30.4 Å². The first-order valence-corrected chi connectivity index (χ1v) is 15.9. The van der Waals surface area contributed by atoms with E-state index in [9.17, 15) is 22.4 Å². The highest BCUT2D eigenvalue weighted by Gasteiger charge is 2.41. The van der Waals surface area contributed by atoms with Gasteiger partial charge in [0.15, 0.2) is 6.04 Å². The summed E-state index contributed by atoms with van der Waals surface area (Å²) in [5.41, 5.74) is 6.30. The summed E-state index contributed by atoms with van der Waals surface area (Å²) in [7, 11) is -3.96. The second kappa shape index (κ2) is 13.6. The number of hydrogen-bond acceptors (Lipinski definition) is 6. The number of hydrogen-bond donors (Lipinski definition) is 2. The van der Waals surface area contributed by atoms with E-state index in [0.717, 1.165) is 11.1 Å². The zero-order valence-electron chi connectivity index (χ0n) is 23.0. The number of halogens is 1. The zero-order chi connectivity index (χ0) is 29.6. The van der Waals surface area contributed by atoms with Crippen LogP contribution in [0.15, 0.2) is 83.8 Å². The second-order valence-corrected chi connectivity index (χ2v) is 13.2. The molecule has 0 spiro atoms. The molecular formula is C30H35FN3O5S2+. The molecule has 0 bridgehead atoms. The largest absolute Gasteiger partial charge is 0.461 e. The number of thioether (sulfide) groups is 1. The summed E-state index contributed by atoms with van der Waals surface area (Å²) in [5.74, 6) is -0.889. The molecule has 3 atom stereocenters. The first kappa shape index (κ1) is 30.7. The molecule has 1 heterocycles. The number of quaternary nitrogens is 1. The molecule has 8 nitrogen and oxygen atoms in total. The molecule has 3 unspecified atom stereocenters. The third-order valence-corrected chi connectivity index (χ3v) is 10.2. The van der Waals surface area contributed by atoms with E-state index in [2.05, 4.69) is 11.1 Å². The predicted molar refractivity (Wildman–Crippen MR) is 156 cm³/mol. The molecule has 1 aliphatic heterocycles. The van der Waals surface area contributed by atoms with Crippen molar-refractivity contribution in [2.45, 2.75) is 42.6 Å². The number of benzene rings is 3. The molecule has 3 aromatic rings. The second-order valence-electron chi connectivity index (χ2n) is 10.1. The van der Waals surface area contributed by atoms with Gasteiger partial charge in [0.05, 0.1) is 17.5 Å². The van der Waals surface area contributed by atoms with Crippen LogP contribution >= 0.6 is 11.8 Å². The van der Waals surface area contributed by atoms with Crippen LogP contribution in [-0.4, -0.2) is 54.9 Å². The van der Waals surface area contributed by atoms with Crippen molar-refractivity contribution in [1.29, 1.82) is 0 Å². The summed E-state index contributed by atoms with van der Waals surface area (Å²) in [6.45, 7) is 3.94. The summed E-state index contributed by atoms with van der Waals surface area (Å²) in [6, 6.07) is 20.7. The summed E-state index contributed by atoms with van der Waals surface area (Å²) in [5, 5.41) is 1.93. The number of ether oxygens (including phenoxy) is 1. The molecule has 1 saturated heterocycles. The van der Waals surface area contributed by atoms with Crippen LogP contribution in [0, 0.1) is 11.7 Å². The smallest absolute Gasteiger partial charge is 0.365 e. The molecular weight excluding hydrogens is 565 g/mol. The summed E-state index contributed by atoms with van der Waals surface area (Å²) in [6.07, 6.45) is 0.221. The van der Waals surface area contributed by atoms with Crippen molar-refractivity contribution in [1.82, 2.24) is 9.62 Å². The van der Waals surface area contributed by atoms with Crippen LogP contribution in [0.25, 0.3) is 11.1 Å². The number of nitrogens with zero attached hydrogens (tertiary/aromatic N) is 1. The zero-order valence-corrected chi connectivity index (χ0v) is 24.7. The van der Waals surface area contributed by atoms with Gasteiger partial charge in [-0.2, -0.15) is 4.31 Å². The van der Waals surface area contributed by atoms with E-state index in [1.54, 1.807) is 36.4 Å². The van der Waals surface area contributed by atoms with E-state index < -0.39 is 45.2 Å². The average molecular weight is 601 g/mol. The van der Waals surface area contributed by atoms with Gasteiger partial charge < -0.3 is 15.8 Å². The molecule has 1 fully saturated rings. The minimum absolute atomic E-state index is 0.00742. The molecule has 4 rings (SSSR count). The van der Waals surface area contributed by atoms with E-state index in [1.807, 2.05) is 44.2 Å². The molecule has 218 valence electrons. The number of esters is 1. The highest BCUT2D eigenvalue weighted by Crippen LogP contribution is 2.32. The molecule has 0 radical (unpaired) electrons. The number of carbonyl (C=O) groups excluding carboxylic acids is 2. The van der Waals surface area contributed by atoms with Crippen molar-refractivity contribution in [2.75, 3.05) is 18.9 Å². The van der Waals surface area contributed by atoms with Gasteiger partial charge in [-0.25, -0.2) is 17.6 Å². The van der Waals surface area contributed by atoms with Gasteiger partial charge in [-0.1, -0.05) is 68.4 Å². The third-order valence-electron chi connectivity index (χ3n) is 6.99. The molecule has 1 aliphatic rings. The Labute approximate surface area is 244 Å². The van der Waals surface area contributed by atoms with Crippen LogP contribution in [-0.2, 0) is 24.3 Å². The quantitative estimate of drug-likeness (QED) is 0.325. The Hall–Kier alpha value is -3.25. The Balaban J connectivity index is 1.48. The standard InChI is InChI=1S/C30H34FN3O5S2/c1-20(2)27(32)30(36)39-18-16-26(23-8-12-24(31)13-9-23)33-28(35)29-34(17-19-40-29)41(37,38)25-14-10-22(11-15-25)21-6-4-3-5-7-21/h3-15,20,26-27,29H,16-19,32H2,1-2H3,(H,33,35)/p+1. The van der Waals surface area contributed by atoms with Gasteiger partial charge in [-0.15, -0.1) is 11.8 Å². The van der Waals surface area contributed by atoms with Crippen LogP contribution in [0.3, 0.4) is 0 Å². The minimum Gasteiger partial charge on any atom is -0.461 e. The van der Waals surface area contributed by atoms with Gasteiger partial charge in [0.2, 0.25) is 15.9 Å². The van der Waals surface area contributed by atoms with Crippen molar-refractivity contribution in [3.05, 3.63) is 90.2 Å². The monoisotopic (exact) mass is 600 g/mol. The highest BCUT2D eigenvalue weighted by atomic mass is 32.2. The Morgan fingerprint density at radius 1 is 1.02 bits per heavy atom. The Bertz CT molecular complexity index is 1440. The van der Waals surface area contributed by atoms with Crippen molar-refractivity contribution in [3.8, 4) is 11.1 Å². The number of sulfonamides is 1. The number of nitrogens with one attached hydrogen (secondary N) is 1. The lowest BCUT2D eigenvalue weighted by atomic mass is 10.0. The van der Waals surface area contributed by atoms with Crippen molar-refractivity contribution in [3.63, 3.8) is 0 Å². The van der Waals surface area contributed by atoms with Crippen LogP contribution < -0.4 is 11.1 Å². The van der Waals surface area contributed by atoms with Crippen LogP contribution in [0.5, 0.6) is 0 Å². The normalized spacial score (nSPS) is 17.2. The van der Waals surface area contributed by atoms with Gasteiger partial charge in [-0.3, -0.25) is 4.79 Å². The molecule has 4 N–H and O–H groups in total. The fourth-order valence-electron chi connectivity index (χ4n) is 4.41. The van der Waals surface area contributed by atoms with Crippen LogP contribution in [0.1, 0.15) is 31.9 Å². The SMILES string of the molecule is CC(C)C([NH3+])C(=O)OCCC(NC(=O)C1SCCN1S(=O)(=O)c1ccc(-c2ccccc2)cc1)c1ccc(F)cc1. The molecule has 3 aromatic carbocycles. The molecule has 0 aliphatic carbocycles. The van der Waals surface area contributed by atoms with E-state index >= 15 is 0 Å². The van der Waals surface area contributed by atoms with Gasteiger partial charge >= 0.3 is 5.97 Å². The molecule has 11 heteroatoms. The van der Waals surface area contributed by atoms with Crippen molar-refractivity contribution >= 4 is 33.7 Å². The lowest BCUT2D eigenvalue weighted by Crippen LogP contribution is -2.67. The Morgan fingerprint density at radius 3 is 2.29 bits per heavy atom. The molecule has 1 amide bonds. The third kappa shape index (κ3) is 7.53. The summed E-state index contributed by atoms with van der Waals surface area (Å²) >= 11 is 1.24. The molecule has 41 heavy (non-hydrogen) atoms. The minimum atomic E-state index is -3.96. The maximum atomic E-state index is 13.6. The Morgan fingerprint density at radius 2 is 1.66 bits per heavy atom.